The number of hydrogen-bond acceptors (Lipinski definition) is 2. The van der Waals surface area contributed by atoms with Crippen molar-refractivity contribution in [3.05, 3.63) is 33.4 Å². The lowest BCUT2D eigenvalue weighted by Crippen LogP contribution is -2.39. The molecule has 1 aromatic carbocycles. The zero-order valence-electron chi connectivity index (χ0n) is 10.7. The minimum absolute atomic E-state index is 0.0493. The summed E-state index contributed by atoms with van der Waals surface area (Å²) in [6.45, 7) is 3.06. The van der Waals surface area contributed by atoms with Gasteiger partial charge in [-0.15, -0.1) is 0 Å². The second-order valence-corrected chi connectivity index (χ2v) is 6.12. The first-order valence-corrected chi connectivity index (χ1v) is 7.46. The van der Waals surface area contributed by atoms with Crippen LogP contribution in [0.4, 0.5) is 0 Å². The van der Waals surface area contributed by atoms with Crippen molar-refractivity contribution in [2.24, 2.45) is 5.92 Å². The Morgan fingerprint density at radius 3 is 3.00 bits per heavy atom. The molecule has 18 heavy (non-hydrogen) atoms. The van der Waals surface area contributed by atoms with Gasteiger partial charge in [0, 0.05) is 16.7 Å². The molecule has 1 amide bonds. The summed E-state index contributed by atoms with van der Waals surface area (Å²) >= 11 is 2.20. The Kier molecular flexibility index (Phi) is 5.00. The van der Waals surface area contributed by atoms with E-state index in [2.05, 4.69) is 39.9 Å². The summed E-state index contributed by atoms with van der Waals surface area (Å²) in [6, 6.07) is 7.70. The van der Waals surface area contributed by atoms with E-state index in [1.165, 1.54) is 19.4 Å². The topological polar surface area (TPSA) is 32.3 Å². The largest absolute Gasteiger partial charge is 0.352 e. The third kappa shape index (κ3) is 3.68. The van der Waals surface area contributed by atoms with E-state index in [0.717, 1.165) is 22.2 Å². The van der Waals surface area contributed by atoms with Crippen LogP contribution in [-0.2, 0) is 0 Å². The van der Waals surface area contributed by atoms with Crippen LogP contribution in [0.5, 0.6) is 0 Å². The van der Waals surface area contributed by atoms with Crippen molar-refractivity contribution in [2.45, 2.75) is 12.8 Å². The van der Waals surface area contributed by atoms with E-state index >= 15 is 0 Å². The van der Waals surface area contributed by atoms with E-state index in [9.17, 15) is 4.79 Å². The number of hydrogen-bond donors (Lipinski definition) is 1. The summed E-state index contributed by atoms with van der Waals surface area (Å²) in [5, 5.41) is 3.06. The molecule has 1 aromatic rings. The van der Waals surface area contributed by atoms with Gasteiger partial charge in [0.2, 0.25) is 0 Å². The first-order chi connectivity index (χ1) is 8.66. The highest BCUT2D eigenvalue weighted by molar-refractivity contribution is 14.1. The predicted molar refractivity (Wildman–Crippen MR) is 81.7 cm³/mol. The number of benzene rings is 1. The van der Waals surface area contributed by atoms with Gasteiger partial charge < -0.3 is 10.2 Å². The molecule has 2 rings (SSSR count). The standard InChI is InChI=1S/C14H19IN2O/c1-17-8-4-5-11(10-17)9-16-14(18)12-6-2-3-7-13(12)15/h2-3,6-7,11H,4-5,8-10H2,1H3,(H,16,18). The number of nitrogens with zero attached hydrogens (tertiary/aromatic N) is 1. The van der Waals surface area contributed by atoms with E-state index in [1.54, 1.807) is 0 Å². The Balaban J connectivity index is 1.87. The summed E-state index contributed by atoms with van der Waals surface area (Å²) in [6.07, 6.45) is 2.45. The molecule has 1 saturated heterocycles. The van der Waals surface area contributed by atoms with Gasteiger partial charge in [-0.3, -0.25) is 4.79 Å². The molecule has 1 aliphatic heterocycles. The Morgan fingerprint density at radius 1 is 1.50 bits per heavy atom. The Labute approximate surface area is 122 Å². The smallest absolute Gasteiger partial charge is 0.252 e. The minimum atomic E-state index is 0.0493. The maximum Gasteiger partial charge on any atom is 0.252 e. The van der Waals surface area contributed by atoms with Crippen LogP contribution in [0.25, 0.3) is 0 Å². The summed E-state index contributed by atoms with van der Waals surface area (Å²) in [5.41, 5.74) is 0.780. The van der Waals surface area contributed by atoms with E-state index in [-0.39, 0.29) is 5.91 Å². The molecular formula is C14H19IN2O. The Bertz CT molecular complexity index is 422. The zero-order valence-corrected chi connectivity index (χ0v) is 12.8. The number of piperidine rings is 1. The fourth-order valence-electron chi connectivity index (χ4n) is 2.42. The lowest BCUT2D eigenvalue weighted by atomic mass is 9.98. The quantitative estimate of drug-likeness (QED) is 0.842. The van der Waals surface area contributed by atoms with E-state index in [0.29, 0.717) is 5.92 Å². The van der Waals surface area contributed by atoms with Gasteiger partial charge in [0.25, 0.3) is 5.91 Å². The maximum atomic E-state index is 12.1. The molecule has 98 valence electrons. The number of carbonyl (C=O) groups is 1. The third-order valence-electron chi connectivity index (χ3n) is 3.39. The fraction of sp³-hybridized carbons (Fsp3) is 0.500. The summed E-state index contributed by atoms with van der Waals surface area (Å²) < 4.78 is 1.01. The van der Waals surface area contributed by atoms with E-state index in [1.807, 2.05) is 24.3 Å². The van der Waals surface area contributed by atoms with Crippen LogP contribution < -0.4 is 5.32 Å². The molecule has 0 radical (unpaired) electrons. The van der Waals surface area contributed by atoms with Gasteiger partial charge in [-0.25, -0.2) is 0 Å². The number of carbonyl (C=O) groups excluding carboxylic acids is 1. The lowest BCUT2D eigenvalue weighted by Gasteiger charge is -2.29. The maximum absolute atomic E-state index is 12.1. The van der Waals surface area contributed by atoms with Crippen molar-refractivity contribution in [1.29, 1.82) is 0 Å². The molecular weight excluding hydrogens is 339 g/mol. The van der Waals surface area contributed by atoms with Gasteiger partial charge in [0.1, 0.15) is 0 Å². The van der Waals surface area contributed by atoms with E-state index in [4.69, 9.17) is 0 Å². The molecule has 1 fully saturated rings. The number of nitrogens with one attached hydrogen (secondary N) is 1. The van der Waals surface area contributed by atoms with Crippen LogP contribution in [0, 0.1) is 9.49 Å². The molecule has 3 nitrogen and oxygen atoms in total. The molecule has 1 aliphatic rings. The number of likely N-dealkylation sites (tertiary alicyclic amines) is 1. The minimum Gasteiger partial charge on any atom is -0.352 e. The normalized spacial score (nSPS) is 20.7. The molecule has 0 bridgehead atoms. The van der Waals surface area contributed by atoms with Crippen LogP contribution in [0.2, 0.25) is 0 Å². The van der Waals surface area contributed by atoms with Crippen molar-refractivity contribution in [3.8, 4) is 0 Å². The molecule has 1 atom stereocenters. The average molecular weight is 358 g/mol. The summed E-state index contributed by atoms with van der Waals surface area (Å²) in [5.74, 6) is 0.641. The second-order valence-electron chi connectivity index (χ2n) is 4.96. The monoisotopic (exact) mass is 358 g/mol. The van der Waals surface area contributed by atoms with Crippen LogP contribution in [-0.4, -0.2) is 37.5 Å². The predicted octanol–water partition coefficient (Wildman–Crippen LogP) is 2.36. The second kappa shape index (κ2) is 6.52. The molecule has 0 spiro atoms. The molecule has 1 N–H and O–H groups in total. The van der Waals surface area contributed by atoms with Gasteiger partial charge in [0.15, 0.2) is 0 Å². The fourth-order valence-corrected chi connectivity index (χ4v) is 3.05. The van der Waals surface area contributed by atoms with Crippen molar-refractivity contribution >= 4 is 28.5 Å². The number of amides is 1. The Morgan fingerprint density at radius 2 is 2.28 bits per heavy atom. The SMILES string of the molecule is CN1CCCC(CNC(=O)c2ccccc2I)C1. The first-order valence-electron chi connectivity index (χ1n) is 6.38. The van der Waals surface area contributed by atoms with Gasteiger partial charge in [-0.1, -0.05) is 12.1 Å². The summed E-state index contributed by atoms with van der Waals surface area (Å²) in [4.78, 5) is 14.4. The van der Waals surface area contributed by atoms with E-state index < -0.39 is 0 Å². The van der Waals surface area contributed by atoms with Crippen molar-refractivity contribution in [2.75, 3.05) is 26.7 Å². The van der Waals surface area contributed by atoms with Gasteiger partial charge in [-0.05, 0) is 67.1 Å². The van der Waals surface area contributed by atoms with Gasteiger partial charge in [-0.2, -0.15) is 0 Å². The van der Waals surface area contributed by atoms with Crippen molar-refractivity contribution in [1.82, 2.24) is 10.2 Å². The van der Waals surface area contributed by atoms with Crippen molar-refractivity contribution < 1.29 is 4.79 Å². The van der Waals surface area contributed by atoms with Gasteiger partial charge >= 0.3 is 0 Å². The number of rotatable bonds is 3. The first kappa shape index (κ1) is 13.8. The molecule has 1 heterocycles. The highest BCUT2D eigenvalue weighted by atomic mass is 127. The summed E-state index contributed by atoms with van der Waals surface area (Å²) in [7, 11) is 2.15. The van der Waals surface area contributed by atoms with Crippen LogP contribution >= 0.6 is 22.6 Å². The Hall–Kier alpha value is -0.620. The molecule has 0 aliphatic carbocycles. The molecule has 0 aromatic heterocycles. The lowest BCUT2D eigenvalue weighted by molar-refractivity contribution is 0.0936. The molecule has 4 heteroatoms. The van der Waals surface area contributed by atoms with Crippen LogP contribution in [0.3, 0.4) is 0 Å². The average Bonchev–Trinajstić information content (AvgIpc) is 2.37. The van der Waals surface area contributed by atoms with Crippen LogP contribution in [0.15, 0.2) is 24.3 Å². The highest BCUT2D eigenvalue weighted by Crippen LogP contribution is 2.15. The van der Waals surface area contributed by atoms with Crippen LogP contribution in [0.1, 0.15) is 23.2 Å². The third-order valence-corrected chi connectivity index (χ3v) is 4.33. The van der Waals surface area contributed by atoms with Crippen molar-refractivity contribution in [3.63, 3.8) is 0 Å². The molecule has 1 unspecified atom stereocenters. The highest BCUT2D eigenvalue weighted by Gasteiger charge is 2.18. The number of halogens is 1. The molecule has 0 saturated carbocycles. The van der Waals surface area contributed by atoms with Gasteiger partial charge in [0.05, 0.1) is 5.56 Å². The zero-order chi connectivity index (χ0) is 13.0.